The van der Waals surface area contributed by atoms with E-state index in [0.717, 1.165) is 0 Å². The smallest absolute Gasteiger partial charge is 0.233 e. The second-order valence-corrected chi connectivity index (χ2v) is 5.28. The summed E-state index contributed by atoms with van der Waals surface area (Å²) in [6.45, 7) is 4.96. The van der Waals surface area contributed by atoms with E-state index in [9.17, 15) is 14.0 Å². The van der Waals surface area contributed by atoms with Crippen molar-refractivity contribution in [3.05, 3.63) is 0 Å². The molecule has 0 aromatic rings. The standard InChI is InChI=1S/C10H18FNO3S/c1-10(2,3)15-12(8-13)4-5-16-7-9(14)6-11/h8H,4-7H2,1-3H3. The van der Waals surface area contributed by atoms with Gasteiger partial charge in [-0.05, 0) is 20.8 Å². The first-order chi connectivity index (χ1) is 7.39. The predicted molar refractivity (Wildman–Crippen MR) is 61.9 cm³/mol. The number of nitrogens with zero attached hydrogens (tertiary/aromatic N) is 1. The molecule has 0 heterocycles. The Kier molecular flexibility index (Phi) is 7.33. The number of ketones is 1. The zero-order valence-electron chi connectivity index (χ0n) is 9.86. The quantitative estimate of drug-likeness (QED) is 0.372. The SMILES string of the molecule is CC(C)(C)ON(C=O)CCSCC(=O)CF. The van der Waals surface area contributed by atoms with E-state index in [1.54, 1.807) is 0 Å². The van der Waals surface area contributed by atoms with Crippen molar-refractivity contribution in [3.8, 4) is 0 Å². The number of carbonyl (C=O) groups is 2. The van der Waals surface area contributed by atoms with Crippen LogP contribution in [0.4, 0.5) is 4.39 Å². The van der Waals surface area contributed by atoms with Gasteiger partial charge in [-0.15, -0.1) is 0 Å². The fourth-order valence-electron chi connectivity index (χ4n) is 0.851. The molecule has 0 bridgehead atoms. The van der Waals surface area contributed by atoms with Crippen LogP contribution in [-0.4, -0.2) is 47.6 Å². The summed E-state index contributed by atoms with van der Waals surface area (Å²) < 4.78 is 11.8. The summed E-state index contributed by atoms with van der Waals surface area (Å²) in [6, 6.07) is 0. The molecule has 0 fully saturated rings. The summed E-state index contributed by atoms with van der Waals surface area (Å²) in [4.78, 5) is 26.6. The lowest BCUT2D eigenvalue weighted by atomic mass is 10.2. The molecular formula is C10H18FNO3S. The zero-order chi connectivity index (χ0) is 12.6. The summed E-state index contributed by atoms with van der Waals surface area (Å²) in [5, 5.41) is 1.19. The van der Waals surface area contributed by atoms with Gasteiger partial charge in [0, 0.05) is 5.75 Å². The molecule has 0 aromatic heterocycles. The Morgan fingerprint density at radius 2 is 2.12 bits per heavy atom. The highest BCUT2D eigenvalue weighted by molar-refractivity contribution is 7.99. The maximum Gasteiger partial charge on any atom is 0.233 e. The maximum atomic E-state index is 11.8. The molecule has 0 rings (SSSR count). The van der Waals surface area contributed by atoms with Crippen molar-refractivity contribution in [1.82, 2.24) is 5.06 Å². The van der Waals surface area contributed by atoms with Crippen molar-refractivity contribution in [3.63, 3.8) is 0 Å². The van der Waals surface area contributed by atoms with Crippen molar-refractivity contribution in [2.75, 3.05) is 24.7 Å². The van der Waals surface area contributed by atoms with Crippen LogP contribution in [0.1, 0.15) is 20.8 Å². The van der Waals surface area contributed by atoms with Gasteiger partial charge in [0.15, 0.2) is 5.78 Å². The number of hydrogen-bond donors (Lipinski definition) is 0. The summed E-state index contributed by atoms with van der Waals surface area (Å²) >= 11 is 1.29. The molecule has 4 nitrogen and oxygen atoms in total. The third-order valence-corrected chi connectivity index (χ3v) is 2.37. The van der Waals surface area contributed by atoms with Crippen LogP contribution in [0.25, 0.3) is 0 Å². The molecule has 0 N–H and O–H groups in total. The first-order valence-corrected chi connectivity index (χ1v) is 6.11. The molecule has 16 heavy (non-hydrogen) atoms. The predicted octanol–water partition coefficient (Wildman–Crippen LogP) is 1.45. The van der Waals surface area contributed by atoms with Gasteiger partial charge < -0.3 is 0 Å². The third-order valence-electron chi connectivity index (χ3n) is 1.38. The summed E-state index contributed by atoms with van der Waals surface area (Å²) in [7, 11) is 0. The number of Topliss-reactive ketones (excluding diaryl/α,β-unsaturated/α-hetero) is 1. The molecule has 0 spiro atoms. The van der Waals surface area contributed by atoms with Crippen LogP contribution in [0, 0.1) is 0 Å². The first kappa shape index (κ1) is 15.4. The van der Waals surface area contributed by atoms with Gasteiger partial charge in [-0.2, -0.15) is 11.8 Å². The van der Waals surface area contributed by atoms with Crippen LogP contribution in [0.15, 0.2) is 0 Å². The number of hydroxylamine groups is 2. The summed E-state index contributed by atoms with van der Waals surface area (Å²) in [5.41, 5.74) is -0.430. The van der Waals surface area contributed by atoms with E-state index in [1.807, 2.05) is 20.8 Å². The van der Waals surface area contributed by atoms with Crippen LogP contribution in [0.5, 0.6) is 0 Å². The molecule has 0 atom stereocenters. The topological polar surface area (TPSA) is 46.6 Å². The van der Waals surface area contributed by atoms with Crippen molar-refractivity contribution in [2.45, 2.75) is 26.4 Å². The van der Waals surface area contributed by atoms with E-state index in [2.05, 4.69) is 0 Å². The van der Waals surface area contributed by atoms with Crippen LogP contribution < -0.4 is 0 Å². The molecule has 0 aliphatic carbocycles. The normalized spacial score (nSPS) is 11.2. The van der Waals surface area contributed by atoms with Gasteiger partial charge in [0.1, 0.15) is 6.67 Å². The minimum absolute atomic E-state index is 0.138. The molecule has 94 valence electrons. The van der Waals surface area contributed by atoms with Crippen molar-refractivity contribution in [2.24, 2.45) is 0 Å². The summed E-state index contributed by atoms with van der Waals surface area (Å²) in [6.07, 6.45) is 0.600. The number of hydrogen-bond acceptors (Lipinski definition) is 4. The van der Waals surface area contributed by atoms with Crippen molar-refractivity contribution < 1.29 is 18.8 Å². The molecule has 0 aliphatic heterocycles. The van der Waals surface area contributed by atoms with E-state index >= 15 is 0 Å². The number of halogens is 1. The Morgan fingerprint density at radius 3 is 2.56 bits per heavy atom. The fraction of sp³-hybridized carbons (Fsp3) is 0.800. The number of amides is 1. The molecule has 0 aliphatic rings. The molecular weight excluding hydrogens is 233 g/mol. The molecule has 0 aromatic carbocycles. The highest BCUT2D eigenvalue weighted by atomic mass is 32.2. The van der Waals surface area contributed by atoms with Crippen molar-refractivity contribution >= 4 is 24.0 Å². The van der Waals surface area contributed by atoms with E-state index < -0.39 is 18.1 Å². The zero-order valence-corrected chi connectivity index (χ0v) is 10.7. The lowest BCUT2D eigenvalue weighted by Crippen LogP contribution is -2.34. The van der Waals surface area contributed by atoms with Crippen LogP contribution in [0.2, 0.25) is 0 Å². The Morgan fingerprint density at radius 1 is 1.50 bits per heavy atom. The average Bonchev–Trinajstić information content (AvgIpc) is 2.20. The van der Waals surface area contributed by atoms with Gasteiger partial charge in [-0.25, -0.2) is 9.45 Å². The van der Waals surface area contributed by atoms with Crippen LogP contribution in [0.3, 0.4) is 0 Å². The van der Waals surface area contributed by atoms with Gasteiger partial charge >= 0.3 is 0 Å². The highest BCUT2D eigenvalue weighted by Gasteiger charge is 2.15. The second kappa shape index (κ2) is 7.62. The van der Waals surface area contributed by atoms with Gasteiger partial charge in [-0.1, -0.05) is 0 Å². The molecule has 0 saturated heterocycles. The molecule has 0 radical (unpaired) electrons. The minimum atomic E-state index is -0.928. The monoisotopic (exact) mass is 251 g/mol. The summed E-state index contributed by atoms with van der Waals surface area (Å²) in [5.74, 6) is 0.249. The van der Waals surface area contributed by atoms with E-state index in [1.165, 1.54) is 16.8 Å². The van der Waals surface area contributed by atoms with E-state index in [-0.39, 0.29) is 5.75 Å². The molecule has 0 unspecified atom stereocenters. The molecule has 0 saturated carbocycles. The highest BCUT2D eigenvalue weighted by Crippen LogP contribution is 2.10. The molecule has 1 amide bonds. The maximum absolute atomic E-state index is 11.8. The molecule has 6 heteroatoms. The Bertz CT molecular complexity index is 231. The van der Waals surface area contributed by atoms with E-state index in [4.69, 9.17) is 4.84 Å². The number of carbonyl (C=O) groups excluding carboxylic acids is 2. The minimum Gasteiger partial charge on any atom is -0.296 e. The lowest BCUT2D eigenvalue weighted by Gasteiger charge is -2.26. The lowest BCUT2D eigenvalue weighted by molar-refractivity contribution is -0.213. The van der Waals surface area contributed by atoms with Crippen LogP contribution in [-0.2, 0) is 14.4 Å². The first-order valence-electron chi connectivity index (χ1n) is 4.95. The van der Waals surface area contributed by atoms with Crippen LogP contribution >= 0.6 is 11.8 Å². The number of thioether (sulfide) groups is 1. The van der Waals surface area contributed by atoms with Crippen molar-refractivity contribution in [1.29, 1.82) is 0 Å². The van der Waals surface area contributed by atoms with E-state index in [0.29, 0.717) is 18.7 Å². The number of alkyl halides is 1. The van der Waals surface area contributed by atoms with Gasteiger partial charge in [0.25, 0.3) is 0 Å². The van der Waals surface area contributed by atoms with Gasteiger partial charge in [0.2, 0.25) is 6.41 Å². The van der Waals surface area contributed by atoms with Gasteiger partial charge in [0.05, 0.1) is 17.9 Å². The Balaban J connectivity index is 3.72. The number of rotatable bonds is 8. The average molecular weight is 251 g/mol. The Labute approximate surface area is 99.5 Å². The largest absolute Gasteiger partial charge is 0.296 e. The third kappa shape index (κ3) is 8.67. The Hall–Kier alpha value is -0.620. The van der Waals surface area contributed by atoms with Gasteiger partial charge in [-0.3, -0.25) is 14.4 Å². The second-order valence-electron chi connectivity index (χ2n) is 4.17. The fourth-order valence-corrected chi connectivity index (χ4v) is 1.61.